The molecule has 1 aromatic carbocycles. The molecule has 2 rings (SSSR count). The van der Waals surface area contributed by atoms with Crippen LogP contribution in [-0.4, -0.2) is 21.9 Å². The highest BCUT2D eigenvalue weighted by Crippen LogP contribution is 2.27. The number of aryl methyl sites for hydroxylation is 2. The zero-order valence-electron chi connectivity index (χ0n) is 12.2. The van der Waals surface area contributed by atoms with Gasteiger partial charge in [0.05, 0.1) is 4.92 Å². The van der Waals surface area contributed by atoms with Crippen LogP contribution in [0.5, 0.6) is 0 Å². The van der Waals surface area contributed by atoms with Crippen LogP contribution in [0.3, 0.4) is 0 Å². The maximum Gasteiger partial charge on any atom is 0.332 e. The highest BCUT2D eigenvalue weighted by molar-refractivity contribution is 5.61. The van der Waals surface area contributed by atoms with Crippen LogP contribution >= 0.6 is 0 Å². The van der Waals surface area contributed by atoms with Crippen LogP contribution in [-0.2, 0) is 6.54 Å². The predicted octanol–water partition coefficient (Wildman–Crippen LogP) is 2.66. The van der Waals surface area contributed by atoms with Crippen molar-refractivity contribution in [2.75, 3.05) is 17.7 Å². The Hall–Kier alpha value is -2.70. The lowest BCUT2D eigenvalue weighted by Crippen LogP contribution is -2.10. The predicted molar refractivity (Wildman–Crippen MR) is 81.5 cm³/mol. The third kappa shape index (κ3) is 3.25. The SMILES string of the molecule is CNc1nc(C)c([N+](=O)[O-])c(NCc2ccccc2C)n1. The van der Waals surface area contributed by atoms with E-state index >= 15 is 0 Å². The van der Waals surface area contributed by atoms with E-state index < -0.39 is 4.92 Å². The maximum atomic E-state index is 11.2. The second-order valence-corrected chi connectivity index (χ2v) is 4.62. The highest BCUT2D eigenvalue weighted by Gasteiger charge is 2.21. The molecule has 2 N–H and O–H groups in total. The van der Waals surface area contributed by atoms with Crippen LogP contribution < -0.4 is 10.6 Å². The lowest BCUT2D eigenvalue weighted by atomic mass is 10.1. The average molecular weight is 287 g/mol. The van der Waals surface area contributed by atoms with Gasteiger partial charge in [0.25, 0.3) is 0 Å². The Morgan fingerprint density at radius 2 is 1.95 bits per heavy atom. The summed E-state index contributed by atoms with van der Waals surface area (Å²) in [6.45, 7) is 4.06. The molecule has 0 bridgehead atoms. The number of nitrogens with zero attached hydrogens (tertiary/aromatic N) is 3. The van der Waals surface area contributed by atoms with Gasteiger partial charge in [-0.3, -0.25) is 10.1 Å². The molecule has 0 aliphatic heterocycles. The van der Waals surface area contributed by atoms with Gasteiger partial charge in [-0.2, -0.15) is 4.98 Å². The Bertz CT molecular complexity index is 672. The molecule has 1 aromatic heterocycles. The van der Waals surface area contributed by atoms with E-state index in [2.05, 4.69) is 20.6 Å². The first-order valence-corrected chi connectivity index (χ1v) is 6.52. The van der Waals surface area contributed by atoms with E-state index in [-0.39, 0.29) is 11.5 Å². The molecule has 0 saturated heterocycles. The fraction of sp³-hybridized carbons (Fsp3) is 0.286. The van der Waals surface area contributed by atoms with Crippen molar-refractivity contribution >= 4 is 17.5 Å². The minimum Gasteiger partial charge on any atom is -0.360 e. The molecule has 0 fully saturated rings. The smallest absolute Gasteiger partial charge is 0.332 e. The zero-order chi connectivity index (χ0) is 15.4. The van der Waals surface area contributed by atoms with Gasteiger partial charge >= 0.3 is 5.69 Å². The number of rotatable bonds is 5. The summed E-state index contributed by atoms with van der Waals surface area (Å²) in [6, 6.07) is 7.86. The molecular formula is C14H17N5O2. The minimum absolute atomic E-state index is 0.0948. The molecule has 0 saturated carbocycles. The Labute approximate surface area is 122 Å². The molecule has 1 heterocycles. The van der Waals surface area contributed by atoms with Crippen LogP contribution in [0.25, 0.3) is 0 Å². The van der Waals surface area contributed by atoms with Crippen LogP contribution in [0.4, 0.5) is 17.5 Å². The molecule has 0 aliphatic rings. The molecule has 7 heteroatoms. The number of nitro groups is 1. The average Bonchev–Trinajstić information content (AvgIpc) is 2.45. The summed E-state index contributed by atoms with van der Waals surface area (Å²) in [6.07, 6.45) is 0. The first kappa shape index (κ1) is 14.7. The topological polar surface area (TPSA) is 93.0 Å². The number of nitrogens with one attached hydrogen (secondary N) is 2. The third-order valence-corrected chi connectivity index (χ3v) is 3.17. The van der Waals surface area contributed by atoms with Crippen molar-refractivity contribution < 1.29 is 4.92 Å². The van der Waals surface area contributed by atoms with E-state index in [1.807, 2.05) is 31.2 Å². The number of benzene rings is 1. The van der Waals surface area contributed by atoms with Crippen molar-refractivity contribution in [1.29, 1.82) is 0 Å². The van der Waals surface area contributed by atoms with E-state index in [0.717, 1.165) is 11.1 Å². The van der Waals surface area contributed by atoms with Gasteiger partial charge in [0.2, 0.25) is 11.8 Å². The largest absolute Gasteiger partial charge is 0.360 e. The van der Waals surface area contributed by atoms with E-state index in [4.69, 9.17) is 0 Å². The van der Waals surface area contributed by atoms with Crippen LogP contribution in [0.1, 0.15) is 16.8 Å². The molecule has 110 valence electrons. The number of hydrogen-bond acceptors (Lipinski definition) is 6. The van der Waals surface area contributed by atoms with E-state index in [9.17, 15) is 10.1 Å². The van der Waals surface area contributed by atoms with E-state index in [1.165, 1.54) is 0 Å². The number of anilines is 2. The summed E-state index contributed by atoms with van der Waals surface area (Å²) in [7, 11) is 1.67. The Kier molecular flexibility index (Phi) is 4.32. The van der Waals surface area contributed by atoms with Gasteiger partial charge in [0.15, 0.2) is 0 Å². The molecule has 7 nitrogen and oxygen atoms in total. The zero-order valence-corrected chi connectivity index (χ0v) is 12.2. The Morgan fingerprint density at radius 3 is 2.57 bits per heavy atom. The summed E-state index contributed by atoms with van der Waals surface area (Å²) in [5.74, 6) is 0.575. The van der Waals surface area contributed by atoms with Gasteiger partial charge < -0.3 is 10.6 Å². The monoisotopic (exact) mass is 287 g/mol. The van der Waals surface area contributed by atoms with Gasteiger partial charge in [-0.1, -0.05) is 24.3 Å². The molecule has 2 aromatic rings. The lowest BCUT2D eigenvalue weighted by molar-refractivity contribution is -0.385. The first-order valence-electron chi connectivity index (χ1n) is 6.52. The van der Waals surface area contributed by atoms with Crippen molar-refractivity contribution in [3.8, 4) is 0 Å². The molecule has 0 aliphatic carbocycles. The van der Waals surface area contributed by atoms with E-state index in [1.54, 1.807) is 14.0 Å². The summed E-state index contributed by atoms with van der Waals surface area (Å²) in [5, 5.41) is 17.0. The van der Waals surface area contributed by atoms with Crippen LogP contribution in [0, 0.1) is 24.0 Å². The van der Waals surface area contributed by atoms with Crippen molar-refractivity contribution in [2.24, 2.45) is 0 Å². The Balaban J connectivity index is 2.32. The van der Waals surface area contributed by atoms with Gasteiger partial charge in [-0.25, -0.2) is 4.98 Å². The van der Waals surface area contributed by atoms with Gasteiger partial charge in [-0.15, -0.1) is 0 Å². The van der Waals surface area contributed by atoms with Crippen molar-refractivity contribution in [3.05, 3.63) is 51.2 Å². The second kappa shape index (κ2) is 6.17. The normalized spacial score (nSPS) is 10.2. The molecule has 0 unspecified atom stereocenters. The second-order valence-electron chi connectivity index (χ2n) is 4.62. The summed E-state index contributed by atoms with van der Waals surface area (Å²) in [4.78, 5) is 18.9. The quantitative estimate of drug-likeness (QED) is 0.648. The van der Waals surface area contributed by atoms with Crippen molar-refractivity contribution in [3.63, 3.8) is 0 Å². The molecule has 0 radical (unpaired) electrons. The summed E-state index contributed by atoms with van der Waals surface area (Å²) < 4.78 is 0. The number of aromatic nitrogens is 2. The van der Waals surface area contributed by atoms with Gasteiger partial charge in [0, 0.05) is 13.6 Å². The van der Waals surface area contributed by atoms with E-state index in [0.29, 0.717) is 18.2 Å². The third-order valence-electron chi connectivity index (χ3n) is 3.17. The summed E-state index contributed by atoms with van der Waals surface area (Å²) >= 11 is 0. The maximum absolute atomic E-state index is 11.2. The summed E-state index contributed by atoms with van der Waals surface area (Å²) in [5.41, 5.74) is 2.41. The minimum atomic E-state index is -0.463. The molecule has 0 atom stereocenters. The highest BCUT2D eigenvalue weighted by atomic mass is 16.6. The molecule has 0 amide bonds. The van der Waals surface area contributed by atoms with Gasteiger partial charge in [-0.05, 0) is 25.0 Å². The fourth-order valence-corrected chi connectivity index (χ4v) is 2.01. The van der Waals surface area contributed by atoms with Crippen molar-refractivity contribution in [2.45, 2.75) is 20.4 Å². The number of hydrogen-bond donors (Lipinski definition) is 2. The molecule has 21 heavy (non-hydrogen) atoms. The Morgan fingerprint density at radius 1 is 1.24 bits per heavy atom. The molecule has 0 spiro atoms. The fourth-order valence-electron chi connectivity index (χ4n) is 2.01. The van der Waals surface area contributed by atoms with Crippen LogP contribution in [0.15, 0.2) is 24.3 Å². The first-order chi connectivity index (χ1) is 10.0. The van der Waals surface area contributed by atoms with Crippen LogP contribution in [0.2, 0.25) is 0 Å². The van der Waals surface area contributed by atoms with Gasteiger partial charge in [0.1, 0.15) is 5.69 Å². The molecular weight excluding hydrogens is 270 g/mol. The standard InChI is InChI=1S/C14H17N5O2/c1-9-6-4-5-7-11(9)8-16-13-12(19(20)21)10(2)17-14(15-3)18-13/h4-7H,8H2,1-3H3,(H2,15,16,17,18). The lowest BCUT2D eigenvalue weighted by Gasteiger charge is -2.10. The van der Waals surface area contributed by atoms with Crippen molar-refractivity contribution in [1.82, 2.24) is 9.97 Å².